The van der Waals surface area contributed by atoms with Crippen LogP contribution in [0.5, 0.6) is 0 Å². The topological polar surface area (TPSA) is 58.4 Å². The summed E-state index contributed by atoms with van der Waals surface area (Å²) in [6.45, 7) is 11.0. The van der Waals surface area contributed by atoms with E-state index in [1.54, 1.807) is 0 Å². The summed E-state index contributed by atoms with van der Waals surface area (Å²) < 4.78 is 0. The first-order valence-electron chi connectivity index (χ1n) is 7.19. The van der Waals surface area contributed by atoms with Gasteiger partial charge in [0.15, 0.2) is 0 Å². The summed E-state index contributed by atoms with van der Waals surface area (Å²) in [4.78, 5) is 14.3. The van der Waals surface area contributed by atoms with Crippen LogP contribution in [-0.2, 0) is 4.79 Å². The van der Waals surface area contributed by atoms with E-state index in [1.165, 1.54) is 0 Å². The van der Waals surface area contributed by atoms with Gasteiger partial charge in [-0.2, -0.15) is 0 Å². The Morgan fingerprint density at radius 2 is 1.83 bits per heavy atom. The number of carbonyl (C=O) groups excluding carboxylic acids is 1. The molecule has 1 aliphatic rings. The van der Waals surface area contributed by atoms with E-state index >= 15 is 0 Å². The van der Waals surface area contributed by atoms with E-state index in [-0.39, 0.29) is 18.0 Å². The number of nitrogens with one attached hydrogen (secondary N) is 1. The number of hydrogen-bond donors (Lipinski definition) is 2. The summed E-state index contributed by atoms with van der Waals surface area (Å²) in [7, 11) is 0. The van der Waals surface area contributed by atoms with Gasteiger partial charge in [0.1, 0.15) is 0 Å². The number of nitrogens with two attached hydrogens (primary N) is 1. The number of rotatable bonds is 5. The SMILES string of the molecule is CC(C)CNC(=O)C(C)N1CCC(C(C)N)CC1. The molecule has 106 valence electrons. The van der Waals surface area contributed by atoms with Crippen molar-refractivity contribution < 1.29 is 4.79 Å². The van der Waals surface area contributed by atoms with Gasteiger partial charge in [-0.3, -0.25) is 9.69 Å². The molecule has 4 nitrogen and oxygen atoms in total. The molecule has 1 heterocycles. The number of hydrogen-bond acceptors (Lipinski definition) is 3. The first-order valence-corrected chi connectivity index (χ1v) is 7.19. The summed E-state index contributed by atoms with van der Waals surface area (Å²) in [5.41, 5.74) is 5.93. The van der Waals surface area contributed by atoms with Crippen molar-refractivity contribution in [2.24, 2.45) is 17.6 Å². The number of likely N-dealkylation sites (tertiary alicyclic amines) is 1. The molecule has 18 heavy (non-hydrogen) atoms. The second kappa shape index (κ2) is 7.10. The van der Waals surface area contributed by atoms with Crippen LogP contribution >= 0.6 is 0 Å². The molecule has 0 aromatic rings. The first kappa shape index (κ1) is 15.4. The Morgan fingerprint density at radius 3 is 2.28 bits per heavy atom. The van der Waals surface area contributed by atoms with E-state index in [1.807, 2.05) is 6.92 Å². The lowest BCUT2D eigenvalue weighted by Crippen LogP contribution is -2.50. The molecule has 1 amide bonds. The highest BCUT2D eigenvalue weighted by atomic mass is 16.2. The summed E-state index contributed by atoms with van der Waals surface area (Å²) in [5, 5.41) is 3.01. The largest absolute Gasteiger partial charge is 0.354 e. The normalized spacial score (nSPS) is 21.9. The maximum absolute atomic E-state index is 12.0. The quantitative estimate of drug-likeness (QED) is 0.776. The fraction of sp³-hybridized carbons (Fsp3) is 0.929. The monoisotopic (exact) mass is 255 g/mol. The van der Waals surface area contributed by atoms with Crippen molar-refractivity contribution in [1.29, 1.82) is 0 Å². The minimum Gasteiger partial charge on any atom is -0.354 e. The van der Waals surface area contributed by atoms with Crippen molar-refractivity contribution in [2.45, 2.75) is 52.6 Å². The fourth-order valence-electron chi connectivity index (χ4n) is 2.45. The lowest BCUT2D eigenvalue weighted by molar-refractivity contribution is -0.126. The van der Waals surface area contributed by atoms with Crippen LogP contribution in [0.25, 0.3) is 0 Å². The van der Waals surface area contributed by atoms with Crippen LogP contribution in [0.3, 0.4) is 0 Å². The molecular weight excluding hydrogens is 226 g/mol. The van der Waals surface area contributed by atoms with Gasteiger partial charge in [0.25, 0.3) is 0 Å². The van der Waals surface area contributed by atoms with Gasteiger partial charge in [0.2, 0.25) is 5.91 Å². The van der Waals surface area contributed by atoms with Gasteiger partial charge in [-0.25, -0.2) is 0 Å². The molecule has 0 aliphatic carbocycles. The Labute approximate surface area is 111 Å². The van der Waals surface area contributed by atoms with Crippen LogP contribution < -0.4 is 11.1 Å². The van der Waals surface area contributed by atoms with E-state index in [9.17, 15) is 4.79 Å². The van der Waals surface area contributed by atoms with Crippen molar-refractivity contribution >= 4 is 5.91 Å². The standard InChI is InChI=1S/C14H29N3O/c1-10(2)9-16-14(18)12(4)17-7-5-13(6-8-17)11(3)15/h10-13H,5-9,15H2,1-4H3,(H,16,18). The third-order valence-electron chi connectivity index (χ3n) is 3.93. The highest BCUT2D eigenvalue weighted by molar-refractivity contribution is 5.81. The average molecular weight is 255 g/mol. The second-order valence-electron chi connectivity index (χ2n) is 6.05. The maximum Gasteiger partial charge on any atom is 0.237 e. The third kappa shape index (κ3) is 4.58. The van der Waals surface area contributed by atoms with E-state index < -0.39 is 0 Å². The van der Waals surface area contributed by atoms with Gasteiger partial charge in [-0.1, -0.05) is 13.8 Å². The van der Waals surface area contributed by atoms with E-state index in [4.69, 9.17) is 5.73 Å². The van der Waals surface area contributed by atoms with Gasteiger partial charge in [-0.05, 0) is 51.6 Å². The van der Waals surface area contributed by atoms with E-state index in [0.29, 0.717) is 11.8 Å². The lowest BCUT2D eigenvalue weighted by Gasteiger charge is -2.36. The van der Waals surface area contributed by atoms with Gasteiger partial charge in [0.05, 0.1) is 6.04 Å². The Kier molecular flexibility index (Phi) is 6.09. The molecule has 1 saturated heterocycles. The van der Waals surface area contributed by atoms with Crippen LogP contribution in [0.15, 0.2) is 0 Å². The molecule has 1 rings (SSSR count). The predicted octanol–water partition coefficient (Wildman–Crippen LogP) is 1.21. The first-order chi connectivity index (χ1) is 8.41. The van der Waals surface area contributed by atoms with E-state index in [2.05, 4.69) is 31.0 Å². The van der Waals surface area contributed by atoms with Crippen molar-refractivity contribution in [3.8, 4) is 0 Å². The fourth-order valence-corrected chi connectivity index (χ4v) is 2.45. The molecule has 4 heteroatoms. The Balaban J connectivity index is 2.35. The summed E-state index contributed by atoms with van der Waals surface area (Å²) in [6.07, 6.45) is 2.22. The van der Waals surface area contributed by atoms with Gasteiger partial charge in [0, 0.05) is 12.6 Å². The van der Waals surface area contributed by atoms with Crippen molar-refractivity contribution in [3.63, 3.8) is 0 Å². The molecule has 0 aromatic carbocycles. The zero-order valence-electron chi connectivity index (χ0n) is 12.3. The van der Waals surface area contributed by atoms with Crippen LogP contribution in [0, 0.1) is 11.8 Å². The molecule has 0 aromatic heterocycles. The second-order valence-corrected chi connectivity index (χ2v) is 6.05. The Morgan fingerprint density at radius 1 is 1.28 bits per heavy atom. The Hall–Kier alpha value is -0.610. The predicted molar refractivity (Wildman–Crippen MR) is 75.3 cm³/mol. The van der Waals surface area contributed by atoms with Crippen LogP contribution in [-0.4, -0.2) is 42.5 Å². The molecular formula is C14H29N3O. The molecule has 0 spiro atoms. The molecule has 0 saturated carbocycles. The lowest BCUT2D eigenvalue weighted by atomic mass is 9.90. The zero-order chi connectivity index (χ0) is 13.7. The van der Waals surface area contributed by atoms with E-state index in [0.717, 1.165) is 32.5 Å². The summed E-state index contributed by atoms with van der Waals surface area (Å²) in [6, 6.07) is 0.259. The number of carbonyl (C=O) groups is 1. The van der Waals surface area contributed by atoms with Crippen molar-refractivity contribution in [2.75, 3.05) is 19.6 Å². The smallest absolute Gasteiger partial charge is 0.237 e. The minimum atomic E-state index is -0.0159. The van der Waals surface area contributed by atoms with Gasteiger partial charge < -0.3 is 11.1 Å². The molecule has 0 bridgehead atoms. The van der Waals surface area contributed by atoms with Crippen LogP contribution in [0.4, 0.5) is 0 Å². The molecule has 3 N–H and O–H groups in total. The highest BCUT2D eigenvalue weighted by Gasteiger charge is 2.27. The molecule has 2 atom stereocenters. The van der Waals surface area contributed by atoms with Crippen LogP contribution in [0.1, 0.15) is 40.5 Å². The number of nitrogens with zero attached hydrogens (tertiary/aromatic N) is 1. The van der Waals surface area contributed by atoms with Crippen LogP contribution in [0.2, 0.25) is 0 Å². The molecule has 1 fully saturated rings. The summed E-state index contributed by atoms with van der Waals surface area (Å²) >= 11 is 0. The molecule has 0 radical (unpaired) electrons. The maximum atomic E-state index is 12.0. The number of amides is 1. The highest BCUT2D eigenvalue weighted by Crippen LogP contribution is 2.21. The van der Waals surface area contributed by atoms with Gasteiger partial charge >= 0.3 is 0 Å². The molecule has 2 unspecified atom stereocenters. The molecule has 1 aliphatic heterocycles. The Bertz CT molecular complexity index is 258. The third-order valence-corrected chi connectivity index (χ3v) is 3.93. The summed E-state index contributed by atoms with van der Waals surface area (Å²) in [5.74, 6) is 1.28. The minimum absolute atomic E-state index is 0.0159. The van der Waals surface area contributed by atoms with Gasteiger partial charge in [-0.15, -0.1) is 0 Å². The zero-order valence-corrected chi connectivity index (χ0v) is 12.3. The average Bonchev–Trinajstić information content (AvgIpc) is 2.35. The number of piperidine rings is 1. The van der Waals surface area contributed by atoms with Crippen molar-refractivity contribution in [3.05, 3.63) is 0 Å². The van der Waals surface area contributed by atoms with Crippen molar-refractivity contribution in [1.82, 2.24) is 10.2 Å².